The minimum absolute atomic E-state index is 0.348. The predicted octanol–water partition coefficient (Wildman–Crippen LogP) is 1.98. The molecule has 0 amide bonds. The van der Waals surface area contributed by atoms with E-state index in [1.807, 2.05) is 24.3 Å². The van der Waals surface area contributed by atoms with Crippen molar-refractivity contribution >= 4 is 0 Å². The summed E-state index contributed by atoms with van der Waals surface area (Å²) in [6.07, 6.45) is 1.39. The molecule has 1 aliphatic rings. The molecular weight excluding hydrogens is 292 g/mol. The zero-order chi connectivity index (χ0) is 16.1. The first-order chi connectivity index (χ1) is 11.3. The van der Waals surface area contributed by atoms with Gasteiger partial charge in [-0.25, -0.2) is 4.79 Å². The highest BCUT2D eigenvalue weighted by molar-refractivity contribution is 5.69. The Balaban J connectivity index is 1.69. The topological polar surface area (TPSA) is 54.7 Å². The lowest BCUT2D eigenvalue weighted by Crippen LogP contribution is -2.50. The third-order valence-electron chi connectivity index (χ3n) is 4.19. The van der Waals surface area contributed by atoms with Crippen LogP contribution in [-0.4, -0.2) is 43.7 Å². The number of nitrogens with one attached hydrogen (secondary N) is 1. The molecule has 1 aromatic carbocycles. The molecule has 1 saturated heterocycles. The quantitative estimate of drug-likeness (QED) is 0.914. The van der Waals surface area contributed by atoms with Crippen molar-refractivity contribution < 1.29 is 9.15 Å². The van der Waals surface area contributed by atoms with Crippen LogP contribution in [-0.2, 0) is 0 Å². The average Bonchev–Trinajstić information content (AvgIpc) is 2.58. The van der Waals surface area contributed by atoms with Crippen LogP contribution in [0, 0.1) is 0 Å². The third kappa shape index (κ3) is 3.81. The fourth-order valence-electron chi connectivity index (χ4n) is 2.87. The molecule has 0 radical (unpaired) electrons. The van der Waals surface area contributed by atoms with Gasteiger partial charge in [0.15, 0.2) is 0 Å². The lowest BCUT2D eigenvalue weighted by Gasteiger charge is -2.33. The molecule has 0 bridgehead atoms. The van der Waals surface area contributed by atoms with E-state index in [-0.39, 0.29) is 5.63 Å². The number of hydrogen-bond donors (Lipinski definition) is 1. The zero-order valence-corrected chi connectivity index (χ0v) is 13.3. The lowest BCUT2D eigenvalue weighted by molar-refractivity contribution is 0.143. The summed E-state index contributed by atoms with van der Waals surface area (Å²) < 4.78 is 10.9. The largest absolute Gasteiger partial charge is 0.492 e. The van der Waals surface area contributed by atoms with E-state index >= 15 is 0 Å². The van der Waals surface area contributed by atoms with E-state index in [9.17, 15) is 4.79 Å². The van der Waals surface area contributed by atoms with Gasteiger partial charge in [-0.15, -0.1) is 0 Å². The first-order valence-corrected chi connectivity index (χ1v) is 8.00. The number of rotatable bonds is 5. The second-order valence-corrected chi connectivity index (χ2v) is 5.75. The lowest BCUT2D eigenvalue weighted by atomic mass is 10.1. The van der Waals surface area contributed by atoms with Crippen molar-refractivity contribution in [2.45, 2.75) is 13.0 Å². The summed E-state index contributed by atoms with van der Waals surface area (Å²) in [6.45, 7) is 6.76. The van der Waals surface area contributed by atoms with Crippen molar-refractivity contribution in [2.24, 2.45) is 0 Å². The van der Waals surface area contributed by atoms with Gasteiger partial charge in [0.1, 0.15) is 12.4 Å². The summed E-state index contributed by atoms with van der Waals surface area (Å²) in [6, 6.07) is 11.6. The Hall–Kier alpha value is -2.11. The molecule has 0 spiro atoms. The van der Waals surface area contributed by atoms with Gasteiger partial charge in [-0.2, -0.15) is 0 Å². The van der Waals surface area contributed by atoms with Crippen LogP contribution in [0.1, 0.15) is 6.92 Å². The van der Waals surface area contributed by atoms with E-state index in [0.717, 1.165) is 31.7 Å². The molecule has 1 atom stereocenters. The third-order valence-corrected chi connectivity index (χ3v) is 4.19. The minimum Gasteiger partial charge on any atom is -0.492 e. The maximum atomic E-state index is 11.9. The van der Waals surface area contributed by atoms with Crippen LogP contribution in [0.3, 0.4) is 0 Å². The fourth-order valence-corrected chi connectivity index (χ4v) is 2.87. The molecule has 2 heterocycles. The molecule has 0 aliphatic carbocycles. The molecule has 1 aromatic heterocycles. The summed E-state index contributed by atoms with van der Waals surface area (Å²) in [5, 5.41) is 3.38. The van der Waals surface area contributed by atoms with E-state index in [1.165, 1.54) is 6.26 Å². The molecule has 0 saturated carbocycles. The Bertz CT molecular complexity index is 698. The van der Waals surface area contributed by atoms with E-state index in [2.05, 4.69) is 17.1 Å². The summed E-state index contributed by atoms with van der Waals surface area (Å²) in [7, 11) is 0. The molecule has 1 fully saturated rings. The molecule has 1 aliphatic heterocycles. The van der Waals surface area contributed by atoms with E-state index in [0.29, 0.717) is 24.0 Å². The van der Waals surface area contributed by atoms with Crippen LogP contribution in [0.5, 0.6) is 5.75 Å². The SMILES string of the molecule is CC1CNCCN1CCOc1ccccc1-c1cccoc1=O. The first kappa shape index (κ1) is 15.8. The second-order valence-electron chi connectivity index (χ2n) is 5.75. The van der Waals surface area contributed by atoms with Gasteiger partial charge in [-0.1, -0.05) is 18.2 Å². The number of piperazine rings is 1. The van der Waals surface area contributed by atoms with Gasteiger partial charge in [0.05, 0.1) is 11.8 Å². The standard InChI is InChI=1S/C18H22N2O3/c1-14-13-19-8-9-20(14)10-12-22-17-7-3-2-5-15(17)16-6-4-11-23-18(16)21/h2-7,11,14,19H,8-10,12-13H2,1H3. The molecule has 1 N–H and O–H groups in total. The molecule has 23 heavy (non-hydrogen) atoms. The van der Waals surface area contributed by atoms with Crippen LogP contribution in [0.15, 0.2) is 51.9 Å². The van der Waals surface area contributed by atoms with Crippen molar-refractivity contribution in [1.82, 2.24) is 10.2 Å². The van der Waals surface area contributed by atoms with Crippen molar-refractivity contribution in [3.05, 3.63) is 53.1 Å². The molecular formula is C18H22N2O3. The van der Waals surface area contributed by atoms with Crippen LogP contribution in [0.25, 0.3) is 11.1 Å². The molecule has 122 valence electrons. The fraction of sp³-hybridized carbons (Fsp3) is 0.389. The number of ether oxygens (including phenoxy) is 1. The van der Waals surface area contributed by atoms with Gasteiger partial charge in [-0.3, -0.25) is 4.90 Å². The number of hydrogen-bond acceptors (Lipinski definition) is 5. The van der Waals surface area contributed by atoms with Crippen molar-refractivity contribution in [3.8, 4) is 16.9 Å². The molecule has 5 nitrogen and oxygen atoms in total. The van der Waals surface area contributed by atoms with Gasteiger partial charge < -0.3 is 14.5 Å². The van der Waals surface area contributed by atoms with E-state index < -0.39 is 0 Å². The number of para-hydroxylation sites is 1. The summed E-state index contributed by atoms with van der Waals surface area (Å²) in [5.74, 6) is 0.716. The van der Waals surface area contributed by atoms with Gasteiger partial charge in [0.25, 0.3) is 0 Å². The number of benzene rings is 1. The Morgan fingerprint density at radius 3 is 2.91 bits per heavy atom. The van der Waals surface area contributed by atoms with Gasteiger partial charge in [0, 0.05) is 37.8 Å². The average molecular weight is 314 g/mol. The van der Waals surface area contributed by atoms with E-state index in [4.69, 9.17) is 9.15 Å². The highest BCUT2D eigenvalue weighted by Crippen LogP contribution is 2.27. The Labute approximate surface area is 135 Å². The number of nitrogens with zero attached hydrogens (tertiary/aromatic N) is 1. The highest BCUT2D eigenvalue weighted by atomic mass is 16.5. The van der Waals surface area contributed by atoms with Crippen LogP contribution in [0.2, 0.25) is 0 Å². The first-order valence-electron chi connectivity index (χ1n) is 8.00. The molecule has 3 rings (SSSR count). The second kappa shape index (κ2) is 7.44. The Kier molecular flexibility index (Phi) is 5.10. The van der Waals surface area contributed by atoms with Crippen LogP contribution < -0.4 is 15.7 Å². The highest BCUT2D eigenvalue weighted by Gasteiger charge is 2.17. The van der Waals surface area contributed by atoms with Gasteiger partial charge >= 0.3 is 5.63 Å². The Morgan fingerprint density at radius 1 is 1.26 bits per heavy atom. The normalized spacial score (nSPS) is 18.7. The van der Waals surface area contributed by atoms with Crippen molar-refractivity contribution in [3.63, 3.8) is 0 Å². The van der Waals surface area contributed by atoms with Gasteiger partial charge in [0.2, 0.25) is 0 Å². The predicted molar refractivity (Wildman–Crippen MR) is 89.8 cm³/mol. The zero-order valence-electron chi connectivity index (χ0n) is 13.3. The van der Waals surface area contributed by atoms with Gasteiger partial charge in [-0.05, 0) is 25.1 Å². The maximum Gasteiger partial charge on any atom is 0.343 e. The molecule has 2 aromatic rings. The summed E-state index contributed by atoms with van der Waals surface area (Å²) >= 11 is 0. The molecule has 5 heteroatoms. The van der Waals surface area contributed by atoms with Crippen molar-refractivity contribution in [1.29, 1.82) is 0 Å². The van der Waals surface area contributed by atoms with Crippen LogP contribution in [0.4, 0.5) is 0 Å². The monoisotopic (exact) mass is 314 g/mol. The Morgan fingerprint density at radius 2 is 2.09 bits per heavy atom. The smallest absolute Gasteiger partial charge is 0.343 e. The summed E-state index contributed by atoms with van der Waals surface area (Å²) in [5.41, 5.74) is 0.952. The minimum atomic E-state index is -0.348. The van der Waals surface area contributed by atoms with E-state index in [1.54, 1.807) is 12.1 Å². The summed E-state index contributed by atoms with van der Waals surface area (Å²) in [4.78, 5) is 14.3. The maximum absolute atomic E-state index is 11.9. The molecule has 1 unspecified atom stereocenters. The van der Waals surface area contributed by atoms with Crippen LogP contribution >= 0.6 is 0 Å². The van der Waals surface area contributed by atoms with Crippen molar-refractivity contribution in [2.75, 3.05) is 32.8 Å².